The molecule has 2 aliphatic heterocycles. The zero-order valence-electron chi connectivity index (χ0n) is 10.5. The Morgan fingerprint density at radius 2 is 2.38 bits per heavy atom. The maximum Gasteiger partial charge on any atom is 0.353 e. The molecule has 3 rings (SSSR count). The van der Waals surface area contributed by atoms with Crippen LogP contribution in [0.4, 0.5) is 0 Å². The second-order valence-corrected chi connectivity index (χ2v) is 6.98. The van der Waals surface area contributed by atoms with Crippen LogP contribution in [0, 0.1) is 0 Å². The van der Waals surface area contributed by atoms with Crippen molar-refractivity contribution in [1.82, 2.24) is 14.5 Å². The van der Waals surface area contributed by atoms with Crippen LogP contribution < -0.4 is 5.73 Å². The molecule has 3 N–H and O–H groups in total. The number of carbonyl (C=O) groups is 2. The summed E-state index contributed by atoms with van der Waals surface area (Å²) in [5.74, 6) is -0.323. The summed E-state index contributed by atoms with van der Waals surface area (Å²) < 4.78 is 3.76. The number of fused-ring (bicyclic) bond motifs is 1. The topological polar surface area (TPSA) is 109 Å². The second kappa shape index (κ2) is 6.53. The minimum atomic E-state index is -1.09. The van der Waals surface area contributed by atoms with E-state index in [-0.39, 0.29) is 29.4 Å². The number of carboxylic acid groups (broad SMARTS) is 1. The van der Waals surface area contributed by atoms with Gasteiger partial charge in [-0.2, -0.15) is 0 Å². The molecule has 0 radical (unpaired) electrons. The third kappa shape index (κ3) is 2.90. The number of carbonyl (C=O) groups excluding carboxylic acids is 1. The number of halogens is 1. The van der Waals surface area contributed by atoms with Crippen molar-refractivity contribution in [3.63, 3.8) is 0 Å². The third-order valence-corrected chi connectivity index (χ3v) is 6.14. The molecular weight excluding hydrogens is 356 g/mol. The van der Waals surface area contributed by atoms with Gasteiger partial charge in [-0.15, -0.1) is 41.0 Å². The van der Waals surface area contributed by atoms with E-state index in [2.05, 4.69) is 9.59 Å². The van der Waals surface area contributed by atoms with E-state index in [9.17, 15) is 14.7 Å². The molecule has 0 aliphatic carbocycles. The van der Waals surface area contributed by atoms with E-state index in [1.54, 1.807) is 0 Å². The second-order valence-electron chi connectivity index (χ2n) is 4.20. The van der Waals surface area contributed by atoms with Gasteiger partial charge in [-0.1, -0.05) is 4.49 Å². The van der Waals surface area contributed by atoms with Gasteiger partial charge in [0, 0.05) is 21.8 Å². The number of nitrogens with two attached hydrogens (primary N) is 1. The van der Waals surface area contributed by atoms with E-state index in [1.807, 2.05) is 5.38 Å². The van der Waals surface area contributed by atoms with Crippen LogP contribution in [0.3, 0.4) is 0 Å². The highest BCUT2D eigenvalue weighted by atomic mass is 35.5. The van der Waals surface area contributed by atoms with Crippen molar-refractivity contribution in [2.24, 2.45) is 5.73 Å². The molecule has 1 aromatic rings. The normalized spacial score (nSPS) is 24.2. The number of carboxylic acids is 1. The molecule has 1 fully saturated rings. The SMILES string of the molecule is Cl.N[C@@H]1C(=O)N2C(C(=O)O)=C(SCc3csnn3)CS[C@@H]12. The fourth-order valence-electron chi connectivity index (χ4n) is 2.01. The molecule has 1 amide bonds. The molecule has 7 nitrogen and oxygen atoms in total. The first-order valence-corrected chi connectivity index (χ1v) is 8.52. The largest absolute Gasteiger partial charge is 0.477 e. The third-order valence-electron chi connectivity index (χ3n) is 2.98. The fraction of sp³-hybridized carbons (Fsp3) is 0.400. The van der Waals surface area contributed by atoms with Gasteiger partial charge >= 0.3 is 5.97 Å². The molecule has 21 heavy (non-hydrogen) atoms. The average molecular weight is 367 g/mol. The van der Waals surface area contributed by atoms with Crippen molar-refractivity contribution >= 4 is 59.3 Å². The number of hydrogen-bond acceptors (Lipinski definition) is 8. The monoisotopic (exact) mass is 366 g/mol. The van der Waals surface area contributed by atoms with Gasteiger partial charge < -0.3 is 10.8 Å². The summed E-state index contributed by atoms with van der Waals surface area (Å²) in [6, 6.07) is -0.594. The standard InChI is InChI=1S/C10H10N4O3S3.ClH/c11-6-8(15)14-7(10(16)17)5(3-19-9(6)14)18-1-4-2-20-13-12-4;/h2,6,9H,1,3,11H2,(H,16,17);1H/t6-,9+;/m1./s1. The van der Waals surface area contributed by atoms with Gasteiger partial charge in [-0.05, 0) is 11.5 Å². The predicted octanol–water partition coefficient (Wildman–Crippen LogP) is 0.732. The maximum atomic E-state index is 11.7. The Labute approximate surface area is 138 Å². The lowest BCUT2D eigenvalue weighted by molar-refractivity contribution is -0.147. The van der Waals surface area contributed by atoms with E-state index in [4.69, 9.17) is 5.73 Å². The van der Waals surface area contributed by atoms with E-state index in [1.165, 1.54) is 40.0 Å². The molecular formula is C10H11ClN4O3S3. The smallest absolute Gasteiger partial charge is 0.353 e. The van der Waals surface area contributed by atoms with E-state index >= 15 is 0 Å². The molecule has 2 aliphatic rings. The maximum absolute atomic E-state index is 11.7. The predicted molar refractivity (Wildman–Crippen MR) is 84.2 cm³/mol. The van der Waals surface area contributed by atoms with E-state index in [0.29, 0.717) is 16.4 Å². The molecule has 1 saturated heterocycles. The van der Waals surface area contributed by atoms with Gasteiger partial charge in [-0.25, -0.2) is 4.79 Å². The Hall–Kier alpha value is -0.810. The van der Waals surface area contributed by atoms with Crippen molar-refractivity contribution in [2.45, 2.75) is 17.2 Å². The van der Waals surface area contributed by atoms with Crippen molar-refractivity contribution in [2.75, 3.05) is 5.75 Å². The number of amides is 1. The summed E-state index contributed by atoms with van der Waals surface area (Å²) in [4.78, 5) is 25.1. The van der Waals surface area contributed by atoms with Crippen molar-refractivity contribution in [3.05, 3.63) is 21.7 Å². The first kappa shape index (κ1) is 16.6. The van der Waals surface area contributed by atoms with Crippen molar-refractivity contribution < 1.29 is 14.7 Å². The first-order chi connectivity index (χ1) is 9.59. The summed E-state index contributed by atoms with van der Waals surface area (Å²) in [5.41, 5.74) is 6.55. The average Bonchev–Trinajstić information content (AvgIpc) is 2.96. The number of aliphatic carboxylic acids is 1. The van der Waals surface area contributed by atoms with Gasteiger partial charge in [0.25, 0.3) is 0 Å². The van der Waals surface area contributed by atoms with Crippen LogP contribution >= 0.6 is 47.5 Å². The fourth-order valence-corrected chi connectivity index (χ4v) is 5.03. The van der Waals surface area contributed by atoms with Crippen LogP contribution in [0.1, 0.15) is 5.69 Å². The number of hydrogen-bond donors (Lipinski definition) is 2. The highest BCUT2D eigenvalue weighted by Crippen LogP contribution is 2.43. The Balaban J connectivity index is 0.00000161. The summed E-state index contributed by atoms with van der Waals surface area (Å²) in [5, 5.41) is 14.8. The summed E-state index contributed by atoms with van der Waals surface area (Å²) >= 11 is 4.13. The number of nitrogens with zero attached hydrogens (tertiary/aromatic N) is 3. The van der Waals surface area contributed by atoms with Crippen LogP contribution in [0.2, 0.25) is 0 Å². The van der Waals surface area contributed by atoms with Crippen molar-refractivity contribution in [1.29, 1.82) is 0 Å². The Morgan fingerprint density at radius 3 is 3.00 bits per heavy atom. The molecule has 114 valence electrons. The van der Waals surface area contributed by atoms with Gasteiger partial charge in [-0.3, -0.25) is 9.69 Å². The molecule has 11 heteroatoms. The zero-order valence-corrected chi connectivity index (χ0v) is 13.7. The zero-order chi connectivity index (χ0) is 14.3. The highest BCUT2D eigenvalue weighted by molar-refractivity contribution is 8.05. The van der Waals surface area contributed by atoms with E-state index < -0.39 is 12.0 Å². The van der Waals surface area contributed by atoms with Crippen LogP contribution in [-0.2, 0) is 15.3 Å². The molecule has 0 unspecified atom stereocenters. The highest BCUT2D eigenvalue weighted by Gasteiger charge is 2.51. The molecule has 0 saturated carbocycles. The number of β-lactam (4-membered cyclic amide) rings is 1. The molecule has 0 spiro atoms. The van der Waals surface area contributed by atoms with Gasteiger partial charge in [0.15, 0.2) is 0 Å². The van der Waals surface area contributed by atoms with Crippen LogP contribution in [0.25, 0.3) is 0 Å². The Kier molecular flexibility index (Phi) is 5.15. The lowest BCUT2D eigenvalue weighted by Crippen LogP contribution is -2.68. The molecule has 2 atom stereocenters. The summed E-state index contributed by atoms with van der Waals surface area (Å²) in [7, 11) is 0. The van der Waals surface area contributed by atoms with Crippen LogP contribution in [0.15, 0.2) is 16.0 Å². The molecule has 3 heterocycles. The number of aromatic nitrogens is 2. The minimum absolute atomic E-state index is 0. The lowest BCUT2D eigenvalue weighted by Gasteiger charge is -2.47. The summed E-state index contributed by atoms with van der Waals surface area (Å²) in [6.45, 7) is 0. The first-order valence-electron chi connectivity index (χ1n) is 5.65. The van der Waals surface area contributed by atoms with Gasteiger partial charge in [0.05, 0.1) is 5.69 Å². The number of thioether (sulfide) groups is 2. The molecule has 1 aromatic heterocycles. The van der Waals surface area contributed by atoms with Gasteiger partial charge in [0.1, 0.15) is 17.1 Å². The lowest BCUT2D eigenvalue weighted by atomic mass is 10.1. The minimum Gasteiger partial charge on any atom is -0.477 e. The Bertz CT molecular complexity index is 594. The van der Waals surface area contributed by atoms with E-state index in [0.717, 1.165) is 5.69 Å². The molecule has 0 bridgehead atoms. The number of rotatable bonds is 4. The van der Waals surface area contributed by atoms with Gasteiger partial charge in [0.2, 0.25) is 5.91 Å². The molecule has 0 aromatic carbocycles. The summed E-state index contributed by atoms with van der Waals surface area (Å²) in [6.07, 6.45) is 0. The van der Waals surface area contributed by atoms with Crippen molar-refractivity contribution in [3.8, 4) is 0 Å². The van der Waals surface area contributed by atoms with Crippen LogP contribution in [0.5, 0.6) is 0 Å². The van der Waals surface area contributed by atoms with Crippen LogP contribution in [-0.4, -0.2) is 48.6 Å². The quantitative estimate of drug-likeness (QED) is 0.750. The Morgan fingerprint density at radius 1 is 1.62 bits per heavy atom.